The molecule has 2 rings (SSSR count). The highest BCUT2D eigenvalue weighted by Gasteiger charge is 2.09. The predicted octanol–water partition coefficient (Wildman–Crippen LogP) is 3.37. The van der Waals surface area contributed by atoms with E-state index < -0.39 is 5.91 Å². The molecule has 0 radical (unpaired) electrons. The monoisotopic (exact) mass is 379 g/mol. The van der Waals surface area contributed by atoms with Gasteiger partial charge in [0.25, 0.3) is 5.91 Å². The van der Waals surface area contributed by atoms with Gasteiger partial charge >= 0.3 is 5.97 Å². The lowest BCUT2D eigenvalue weighted by Gasteiger charge is -2.08. The number of rotatable bonds is 9. The molecular formula is C21H21N3O4. The molecule has 0 fully saturated rings. The highest BCUT2D eigenvalue weighted by molar-refractivity contribution is 6.06. The molecule has 7 heteroatoms. The van der Waals surface area contributed by atoms with Crippen LogP contribution in [0.15, 0.2) is 66.4 Å². The summed E-state index contributed by atoms with van der Waals surface area (Å²) in [6.07, 6.45) is 1.43. The molecular weight excluding hydrogens is 358 g/mol. The fourth-order valence-electron chi connectivity index (χ4n) is 2.16. The number of ether oxygens (including phenoxy) is 2. The Morgan fingerprint density at radius 2 is 1.75 bits per heavy atom. The van der Waals surface area contributed by atoms with Crippen LogP contribution in [-0.4, -0.2) is 25.0 Å². The minimum atomic E-state index is -0.553. The van der Waals surface area contributed by atoms with Gasteiger partial charge in [0.05, 0.1) is 13.0 Å². The molecule has 1 amide bonds. The third-order valence-electron chi connectivity index (χ3n) is 3.48. The van der Waals surface area contributed by atoms with Crippen LogP contribution >= 0.6 is 0 Å². The van der Waals surface area contributed by atoms with E-state index in [1.165, 1.54) is 6.20 Å². The van der Waals surface area contributed by atoms with E-state index in [4.69, 9.17) is 14.7 Å². The molecule has 2 N–H and O–H groups in total. The molecule has 2 aromatic carbocycles. The third kappa shape index (κ3) is 6.84. The lowest BCUT2D eigenvalue weighted by atomic mass is 10.2. The smallest absolute Gasteiger partial charge is 0.307 e. The number of benzene rings is 2. The van der Waals surface area contributed by atoms with Gasteiger partial charge in [-0.05, 0) is 43.3 Å². The van der Waals surface area contributed by atoms with E-state index in [-0.39, 0.29) is 24.5 Å². The maximum absolute atomic E-state index is 12.2. The summed E-state index contributed by atoms with van der Waals surface area (Å²) in [5.74, 6) is 0.441. The van der Waals surface area contributed by atoms with Gasteiger partial charge in [0.15, 0.2) is 0 Å². The number of anilines is 1. The number of para-hydroxylation sites is 1. The highest BCUT2D eigenvalue weighted by Crippen LogP contribution is 2.22. The van der Waals surface area contributed by atoms with Crippen LogP contribution in [-0.2, 0) is 14.3 Å². The van der Waals surface area contributed by atoms with E-state index in [9.17, 15) is 9.59 Å². The van der Waals surface area contributed by atoms with Crippen molar-refractivity contribution < 1.29 is 19.1 Å². The SMILES string of the molecule is CCOC(=O)CCN/C=C(/C#N)C(=O)Nc1ccc(Oc2ccccc2)cc1. The first-order chi connectivity index (χ1) is 13.6. The average Bonchev–Trinajstić information content (AvgIpc) is 2.70. The van der Waals surface area contributed by atoms with Crippen molar-refractivity contribution in [1.82, 2.24) is 5.32 Å². The Labute approximate surface area is 163 Å². The van der Waals surface area contributed by atoms with E-state index in [2.05, 4.69) is 10.6 Å². The number of nitrogens with zero attached hydrogens (tertiary/aromatic N) is 1. The molecule has 0 unspecified atom stereocenters. The second-order valence-corrected chi connectivity index (χ2v) is 5.57. The van der Waals surface area contributed by atoms with Crippen molar-refractivity contribution in [1.29, 1.82) is 5.26 Å². The van der Waals surface area contributed by atoms with Crippen LogP contribution in [0.1, 0.15) is 13.3 Å². The standard InChI is InChI=1S/C21H21N3O4/c1-2-27-20(25)12-13-23-15-16(14-22)21(26)24-17-8-10-19(11-9-17)28-18-6-4-3-5-7-18/h3-11,15,23H,2,12-13H2,1H3,(H,24,26)/b16-15-. The van der Waals surface area contributed by atoms with Gasteiger partial charge in [0.2, 0.25) is 0 Å². The Hall–Kier alpha value is -3.79. The molecule has 0 bridgehead atoms. The second-order valence-electron chi connectivity index (χ2n) is 5.57. The number of nitriles is 1. The van der Waals surface area contributed by atoms with E-state index in [1.807, 2.05) is 36.4 Å². The van der Waals surface area contributed by atoms with Gasteiger partial charge in [-0.25, -0.2) is 0 Å². The Morgan fingerprint density at radius 3 is 2.39 bits per heavy atom. The van der Waals surface area contributed by atoms with Gasteiger partial charge in [-0.15, -0.1) is 0 Å². The van der Waals surface area contributed by atoms with Crippen LogP contribution in [0, 0.1) is 11.3 Å². The number of hydrogen-bond acceptors (Lipinski definition) is 6. The molecule has 0 aliphatic heterocycles. The van der Waals surface area contributed by atoms with Crippen molar-refractivity contribution in [3.63, 3.8) is 0 Å². The Bertz CT molecular complexity index is 855. The molecule has 0 aromatic heterocycles. The normalized spacial score (nSPS) is 10.5. The number of carbonyl (C=O) groups excluding carboxylic acids is 2. The maximum Gasteiger partial charge on any atom is 0.307 e. The zero-order valence-electron chi connectivity index (χ0n) is 15.5. The summed E-state index contributed by atoms with van der Waals surface area (Å²) in [6.45, 7) is 2.31. The summed E-state index contributed by atoms with van der Waals surface area (Å²) in [5, 5.41) is 14.5. The molecule has 0 saturated carbocycles. The molecule has 144 valence electrons. The first kappa shape index (κ1) is 20.5. The summed E-state index contributed by atoms with van der Waals surface area (Å²) in [6, 6.07) is 18.0. The Kier molecular flexibility index (Phi) is 8.09. The highest BCUT2D eigenvalue weighted by atomic mass is 16.5. The summed E-state index contributed by atoms with van der Waals surface area (Å²) in [4.78, 5) is 23.4. The van der Waals surface area contributed by atoms with Crippen LogP contribution < -0.4 is 15.4 Å². The van der Waals surface area contributed by atoms with Gasteiger partial charge in [-0.1, -0.05) is 18.2 Å². The summed E-state index contributed by atoms with van der Waals surface area (Å²) in [5.41, 5.74) is 0.423. The minimum Gasteiger partial charge on any atom is -0.466 e. The summed E-state index contributed by atoms with van der Waals surface area (Å²) in [7, 11) is 0. The second kappa shape index (κ2) is 11.0. The number of nitrogens with one attached hydrogen (secondary N) is 2. The lowest BCUT2D eigenvalue weighted by Crippen LogP contribution is -2.19. The molecule has 0 aliphatic carbocycles. The number of carbonyl (C=O) groups is 2. The first-order valence-electron chi connectivity index (χ1n) is 8.76. The number of esters is 1. The van der Waals surface area contributed by atoms with Crippen LogP contribution in [0.3, 0.4) is 0 Å². The molecule has 2 aromatic rings. The molecule has 7 nitrogen and oxygen atoms in total. The van der Waals surface area contributed by atoms with Gasteiger partial charge in [-0.3, -0.25) is 9.59 Å². The van der Waals surface area contributed by atoms with Crippen LogP contribution in [0.4, 0.5) is 5.69 Å². The summed E-state index contributed by atoms with van der Waals surface area (Å²) < 4.78 is 10.5. The first-order valence-corrected chi connectivity index (χ1v) is 8.76. The van der Waals surface area contributed by atoms with Gasteiger partial charge in [0.1, 0.15) is 23.1 Å². The lowest BCUT2D eigenvalue weighted by molar-refractivity contribution is -0.142. The topological polar surface area (TPSA) is 100 Å². The van der Waals surface area contributed by atoms with Crippen LogP contribution in [0.5, 0.6) is 11.5 Å². The van der Waals surface area contributed by atoms with Crippen molar-refractivity contribution in [2.75, 3.05) is 18.5 Å². The van der Waals surface area contributed by atoms with E-state index in [0.717, 1.165) is 0 Å². The predicted molar refractivity (Wildman–Crippen MR) is 105 cm³/mol. The van der Waals surface area contributed by atoms with Crippen molar-refractivity contribution in [3.8, 4) is 17.6 Å². The maximum atomic E-state index is 12.2. The van der Waals surface area contributed by atoms with E-state index in [0.29, 0.717) is 23.8 Å². The third-order valence-corrected chi connectivity index (χ3v) is 3.48. The Morgan fingerprint density at radius 1 is 1.07 bits per heavy atom. The summed E-state index contributed by atoms with van der Waals surface area (Å²) >= 11 is 0. The molecule has 0 spiro atoms. The van der Waals surface area contributed by atoms with Gasteiger partial charge in [-0.2, -0.15) is 5.26 Å². The molecule has 0 aliphatic rings. The van der Waals surface area contributed by atoms with Gasteiger partial charge < -0.3 is 20.1 Å². The zero-order valence-corrected chi connectivity index (χ0v) is 15.5. The number of amides is 1. The average molecular weight is 379 g/mol. The van der Waals surface area contributed by atoms with E-state index in [1.54, 1.807) is 31.2 Å². The zero-order chi connectivity index (χ0) is 20.2. The minimum absolute atomic E-state index is 0.103. The Balaban J connectivity index is 1.87. The molecule has 28 heavy (non-hydrogen) atoms. The largest absolute Gasteiger partial charge is 0.466 e. The van der Waals surface area contributed by atoms with E-state index >= 15 is 0 Å². The van der Waals surface area contributed by atoms with Crippen molar-refractivity contribution in [2.45, 2.75) is 13.3 Å². The van der Waals surface area contributed by atoms with Crippen molar-refractivity contribution >= 4 is 17.6 Å². The quantitative estimate of drug-likeness (QED) is 0.300. The van der Waals surface area contributed by atoms with Crippen LogP contribution in [0.2, 0.25) is 0 Å². The fourth-order valence-corrected chi connectivity index (χ4v) is 2.16. The fraction of sp³-hybridized carbons (Fsp3) is 0.190. The van der Waals surface area contributed by atoms with Crippen molar-refractivity contribution in [3.05, 3.63) is 66.4 Å². The van der Waals surface area contributed by atoms with Crippen LogP contribution in [0.25, 0.3) is 0 Å². The molecule has 0 saturated heterocycles. The van der Waals surface area contributed by atoms with Crippen molar-refractivity contribution in [2.24, 2.45) is 0 Å². The molecule has 0 atom stereocenters. The number of hydrogen-bond donors (Lipinski definition) is 2. The molecule has 0 heterocycles. The van der Waals surface area contributed by atoms with Gasteiger partial charge in [0, 0.05) is 18.4 Å².